The number of hydrogen-bond donors (Lipinski definition) is 0. The molecule has 0 aromatic heterocycles. The van der Waals surface area contributed by atoms with Gasteiger partial charge in [-0.15, -0.1) is 24.3 Å². The van der Waals surface area contributed by atoms with E-state index in [0.29, 0.717) is 0 Å². The molecule has 4 aromatic carbocycles. The molecule has 4 rings (SSSR count). The fraction of sp³-hybridized carbons (Fsp3) is 0.389. The van der Waals surface area contributed by atoms with Crippen molar-refractivity contribution in [3.63, 3.8) is 0 Å². The molecule has 0 amide bonds. The number of methoxy groups -OCH3 is 2. The van der Waals surface area contributed by atoms with Gasteiger partial charge in [-0.05, 0) is 0 Å². The Balaban J connectivity index is 0.000000495. The molecule has 0 fully saturated rings. The maximum atomic E-state index is 4.88. The maximum Gasteiger partial charge on any atom is 4.00 e. The van der Waals surface area contributed by atoms with Crippen molar-refractivity contribution >= 4 is 0 Å². The van der Waals surface area contributed by atoms with Crippen LogP contribution in [0.25, 0.3) is 0 Å². The smallest absolute Gasteiger partial charge is 0.554 e. The van der Waals surface area contributed by atoms with Crippen molar-refractivity contribution in [2.24, 2.45) is 0 Å². The summed E-state index contributed by atoms with van der Waals surface area (Å²) in [5.74, 6) is 1.71. The molecule has 0 heterocycles. The zero-order valence-electron chi connectivity index (χ0n) is 24.6. The van der Waals surface area contributed by atoms with E-state index in [1.54, 1.807) is 26.4 Å². The van der Waals surface area contributed by atoms with E-state index in [4.69, 9.17) is 9.47 Å². The molecule has 0 unspecified atom stereocenters. The molecule has 0 N–H and O–H groups in total. The van der Waals surface area contributed by atoms with Crippen LogP contribution in [0.15, 0.2) is 97.1 Å². The van der Waals surface area contributed by atoms with Crippen molar-refractivity contribution in [1.29, 1.82) is 0 Å². The van der Waals surface area contributed by atoms with Crippen LogP contribution in [0.5, 0.6) is 11.5 Å². The number of unbranched alkanes of at least 4 members (excludes halogenated alkanes) is 6. The molecule has 0 spiro atoms. The Hall–Kier alpha value is -2.55. The van der Waals surface area contributed by atoms with E-state index in [0.717, 1.165) is 11.5 Å². The minimum atomic E-state index is 0. The summed E-state index contributed by atoms with van der Waals surface area (Å²) in [7, 11) is 3.28. The Morgan fingerprint density at radius 1 is 0.564 bits per heavy atom. The number of hydrogen-bond acceptors (Lipinski definition) is 2. The maximum absolute atomic E-state index is 4.88. The molecule has 0 radical (unpaired) electrons. The largest absolute Gasteiger partial charge is 4.00 e. The van der Waals surface area contributed by atoms with E-state index in [9.17, 15) is 0 Å². The average Bonchev–Trinajstić information content (AvgIpc) is 3.70. The molecule has 0 aliphatic rings. The first-order chi connectivity index (χ1) is 18.7. The summed E-state index contributed by atoms with van der Waals surface area (Å²) in [5, 5.41) is 0. The molecule has 2 nitrogen and oxygen atoms in total. The second-order valence-electron chi connectivity index (χ2n) is 9.09. The molecule has 0 aliphatic carbocycles. The van der Waals surface area contributed by atoms with Crippen molar-refractivity contribution in [2.45, 2.75) is 78.1 Å². The molecule has 0 saturated heterocycles. The molecular weight excluding hydrogens is 512 g/mol. The van der Waals surface area contributed by atoms with Crippen molar-refractivity contribution in [2.75, 3.05) is 14.2 Å². The molecule has 208 valence electrons. The minimum Gasteiger partial charge on any atom is -0.554 e. The van der Waals surface area contributed by atoms with Crippen LogP contribution in [0.2, 0.25) is 0 Å². The Morgan fingerprint density at radius 3 is 1.21 bits per heavy atom. The monoisotopic (exact) mass is 560 g/mol. The van der Waals surface area contributed by atoms with Crippen molar-refractivity contribution in [1.82, 2.24) is 0 Å². The molecule has 39 heavy (non-hydrogen) atoms. The standard InChI is InChI=1S/2C11H17.2C7H7O.Ti/c2*1-2-3-4-5-8-11-9-6-7-10-11;2*1-8-7-5-3-2-4-6-7;/h2*6-7,9-10H,2-5,8H2,1H3;2*2-3,5-6H,1H3;/q4*-1;+4. The molecule has 0 bridgehead atoms. The Morgan fingerprint density at radius 2 is 0.949 bits per heavy atom. The van der Waals surface area contributed by atoms with Gasteiger partial charge in [0.1, 0.15) is 0 Å². The van der Waals surface area contributed by atoms with Gasteiger partial charge < -0.3 is 9.47 Å². The van der Waals surface area contributed by atoms with Gasteiger partial charge in [-0.2, -0.15) is 71.8 Å². The van der Waals surface area contributed by atoms with Gasteiger partial charge in [0.25, 0.3) is 0 Å². The number of ether oxygens (including phenoxy) is 2. The third kappa shape index (κ3) is 21.0. The van der Waals surface area contributed by atoms with E-state index in [-0.39, 0.29) is 21.7 Å². The Kier molecular flexibility index (Phi) is 25.3. The van der Waals surface area contributed by atoms with Gasteiger partial charge in [0.15, 0.2) is 0 Å². The van der Waals surface area contributed by atoms with E-state index < -0.39 is 0 Å². The first-order valence-corrected chi connectivity index (χ1v) is 14.1. The van der Waals surface area contributed by atoms with Crippen LogP contribution in [0.1, 0.15) is 76.3 Å². The Labute approximate surface area is 254 Å². The van der Waals surface area contributed by atoms with Gasteiger partial charge in [-0.1, -0.05) is 78.1 Å². The summed E-state index contributed by atoms with van der Waals surface area (Å²) in [6.07, 6.45) is 13.5. The number of benzene rings is 2. The third-order valence-corrected chi connectivity index (χ3v) is 5.93. The normalized spacial score (nSPS) is 9.33. The summed E-state index contributed by atoms with van der Waals surface area (Å²) in [5.41, 5.74) is 3.00. The van der Waals surface area contributed by atoms with Gasteiger partial charge in [-0.25, -0.2) is 24.3 Å². The van der Waals surface area contributed by atoms with E-state index in [1.165, 1.54) is 75.3 Å². The van der Waals surface area contributed by atoms with Crippen molar-refractivity contribution in [3.05, 3.63) is 120 Å². The molecule has 0 aliphatic heterocycles. The van der Waals surface area contributed by atoms with E-state index >= 15 is 0 Å². The van der Waals surface area contributed by atoms with Gasteiger partial charge in [0, 0.05) is 11.5 Å². The zero-order valence-corrected chi connectivity index (χ0v) is 26.2. The first kappa shape index (κ1) is 36.5. The van der Waals surface area contributed by atoms with E-state index in [2.05, 4.69) is 74.5 Å². The topological polar surface area (TPSA) is 18.5 Å². The van der Waals surface area contributed by atoms with Crippen LogP contribution in [0.4, 0.5) is 0 Å². The van der Waals surface area contributed by atoms with Crippen LogP contribution in [-0.4, -0.2) is 14.2 Å². The summed E-state index contributed by atoms with van der Waals surface area (Å²) in [6.45, 7) is 4.50. The summed E-state index contributed by atoms with van der Waals surface area (Å²) in [6, 6.07) is 37.9. The van der Waals surface area contributed by atoms with Crippen molar-refractivity contribution in [3.8, 4) is 11.5 Å². The minimum absolute atomic E-state index is 0. The Bertz CT molecular complexity index is 866. The van der Waals surface area contributed by atoms with Gasteiger partial charge in [0.2, 0.25) is 0 Å². The predicted molar refractivity (Wildman–Crippen MR) is 163 cm³/mol. The van der Waals surface area contributed by atoms with Gasteiger partial charge >= 0.3 is 21.7 Å². The van der Waals surface area contributed by atoms with Crippen LogP contribution in [0, 0.1) is 12.1 Å². The van der Waals surface area contributed by atoms with Gasteiger partial charge in [-0.3, -0.25) is 0 Å². The number of aryl methyl sites for hydroxylation is 2. The molecular formula is C36H48O2Ti. The average molecular weight is 561 g/mol. The summed E-state index contributed by atoms with van der Waals surface area (Å²) in [4.78, 5) is 0. The quantitative estimate of drug-likeness (QED) is 0.0975. The predicted octanol–water partition coefficient (Wildman–Crippen LogP) is 10.0. The third-order valence-electron chi connectivity index (χ3n) is 5.93. The number of rotatable bonds is 12. The second-order valence-corrected chi connectivity index (χ2v) is 9.09. The molecule has 0 atom stereocenters. The van der Waals surface area contributed by atoms with Gasteiger partial charge in [0.05, 0.1) is 14.2 Å². The second kappa shape index (κ2) is 27.0. The first-order valence-electron chi connectivity index (χ1n) is 14.1. The molecule has 0 saturated carbocycles. The van der Waals surface area contributed by atoms with Crippen LogP contribution >= 0.6 is 0 Å². The fourth-order valence-corrected chi connectivity index (χ4v) is 3.68. The van der Waals surface area contributed by atoms with Crippen LogP contribution < -0.4 is 9.47 Å². The zero-order chi connectivity index (χ0) is 27.5. The fourth-order valence-electron chi connectivity index (χ4n) is 3.68. The molecule has 3 heteroatoms. The van der Waals surface area contributed by atoms with Crippen LogP contribution in [-0.2, 0) is 34.6 Å². The SMILES string of the molecule is CCCCCC[c-]1cccc1.CCCCCC[c-]1cccc1.COc1c[c-]ccc1.COc1c[c-]ccc1.[Ti+4]. The van der Waals surface area contributed by atoms with E-state index in [1.807, 2.05) is 36.4 Å². The molecule has 4 aromatic rings. The summed E-state index contributed by atoms with van der Waals surface area (Å²) < 4.78 is 9.77. The van der Waals surface area contributed by atoms with Crippen LogP contribution in [0.3, 0.4) is 0 Å². The van der Waals surface area contributed by atoms with Crippen molar-refractivity contribution < 1.29 is 31.2 Å². The summed E-state index contributed by atoms with van der Waals surface area (Å²) >= 11 is 0.